The number of rotatable bonds is 5. The highest BCUT2D eigenvalue weighted by Crippen LogP contribution is 2.30. The first-order valence-corrected chi connectivity index (χ1v) is 12.6. The summed E-state index contributed by atoms with van der Waals surface area (Å²) >= 11 is 1.34. The van der Waals surface area contributed by atoms with Crippen molar-refractivity contribution in [3.8, 4) is 11.3 Å². The molecule has 0 radical (unpaired) electrons. The van der Waals surface area contributed by atoms with Crippen LogP contribution in [0.4, 0.5) is 5.13 Å². The van der Waals surface area contributed by atoms with E-state index in [1.54, 1.807) is 19.1 Å². The van der Waals surface area contributed by atoms with Crippen molar-refractivity contribution >= 4 is 32.4 Å². The first-order chi connectivity index (χ1) is 15.2. The second kappa shape index (κ2) is 8.78. The van der Waals surface area contributed by atoms with E-state index in [4.69, 9.17) is 4.74 Å². The molecule has 4 rings (SSSR count). The molecule has 0 bridgehead atoms. The van der Waals surface area contributed by atoms with Gasteiger partial charge >= 0.3 is 0 Å². The minimum Gasteiger partial charge on any atom is -0.379 e. The molecule has 170 valence electrons. The summed E-state index contributed by atoms with van der Waals surface area (Å²) in [6.07, 6.45) is 0. The minimum absolute atomic E-state index is 0.102. The molecule has 1 amide bonds. The normalized spacial score (nSPS) is 15.1. The quantitative estimate of drug-likeness (QED) is 0.612. The van der Waals surface area contributed by atoms with Crippen molar-refractivity contribution < 1.29 is 17.9 Å². The van der Waals surface area contributed by atoms with E-state index >= 15 is 0 Å². The lowest BCUT2D eigenvalue weighted by Crippen LogP contribution is -2.40. The number of aryl methyl sites for hydroxylation is 2. The number of sulfonamides is 1. The molecule has 1 aliphatic heterocycles. The number of benzene rings is 1. The Hall–Kier alpha value is -2.53. The summed E-state index contributed by atoms with van der Waals surface area (Å²) in [4.78, 5) is 17.7. The van der Waals surface area contributed by atoms with E-state index in [9.17, 15) is 13.2 Å². The average molecular weight is 475 g/mol. The Kier molecular flexibility index (Phi) is 6.22. The molecular weight excluding hydrogens is 448 g/mol. The van der Waals surface area contributed by atoms with Crippen LogP contribution in [-0.2, 0) is 21.8 Å². The Morgan fingerprint density at radius 3 is 2.53 bits per heavy atom. The number of nitrogens with zero attached hydrogens (tertiary/aromatic N) is 3. The van der Waals surface area contributed by atoms with E-state index in [1.807, 2.05) is 26.3 Å². The second-order valence-electron chi connectivity index (χ2n) is 7.83. The molecule has 1 N–H and O–H groups in total. The Balaban J connectivity index is 1.57. The number of carbonyl (C=O) groups excluding carboxylic acids is 1. The van der Waals surface area contributed by atoms with Gasteiger partial charge in [-0.3, -0.25) is 10.1 Å². The SMILES string of the molecule is Cc1ccc(S(=O)(=O)N2CCOCC2)cc1C(=O)Nc1nc(-c2cc(C)n(C)c2C)cs1. The van der Waals surface area contributed by atoms with Gasteiger partial charge in [0.1, 0.15) is 0 Å². The number of hydrogen-bond acceptors (Lipinski definition) is 6. The van der Waals surface area contributed by atoms with Crippen LogP contribution >= 0.6 is 11.3 Å². The van der Waals surface area contributed by atoms with Gasteiger partial charge in [0.15, 0.2) is 5.13 Å². The van der Waals surface area contributed by atoms with Gasteiger partial charge in [0.25, 0.3) is 5.91 Å². The largest absolute Gasteiger partial charge is 0.379 e. The van der Waals surface area contributed by atoms with Crippen LogP contribution in [0.15, 0.2) is 34.5 Å². The van der Waals surface area contributed by atoms with E-state index in [0.29, 0.717) is 42.6 Å². The molecule has 0 aliphatic carbocycles. The van der Waals surface area contributed by atoms with Gasteiger partial charge in [0.2, 0.25) is 10.0 Å². The third kappa shape index (κ3) is 4.23. The van der Waals surface area contributed by atoms with Crippen LogP contribution in [0.2, 0.25) is 0 Å². The molecule has 2 aromatic heterocycles. The molecule has 0 atom stereocenters. The molecule has 32 heavy (non-hydrogen) atoms. The van der Waals surface area contributed by atoms with E-state index in [-0.39, 0.29) is 10.8 Å². The van der Waals surface area contributed by atoms with Crippen LogP contribution in [0.3, 0.4) is 0 Å². The Morgan fingerprint density at radius 2 is 1.88 bits per heavy atom. The lowest BCUT2D eigenvalue weighted by Gasteiger charge is -2.26. The Morgan fingerprint density at radius 1 is 1.16 bits per heavy atom. The number of nitrogens with one attached hydrogen (secondary N) is 1. The van der Waals surface area contributed by atoms with Crippen molar-refractivity contribution in [1.82, 2.24) is 13.9 Å². The zero-order chi connectivity index (χ0) is 23.0. The molecule has 8 nitrogen and oxygen atoms in total. The number of thiazole rings is 1. The van der Waals surface area contributed by atoms with Gasteiger partial charge in [0.05, 0.1) is 23.8 Å². The van der Waals surface area contributed by atoms with E-state index in [2.05, 4.69) is 20.9 Å². The van der Waals surface area contributed by atoms with Gasteiger partial charge in [-0.1, -0.05) is 6.07 Å². The summed E-state index contributed by atoms with van der Waals surface area (Å²) in [5.74, 6) is -0.386. The number of anilines is 1. The third-order valence-corrected chi connectivity index (χ3v) is 8.49. The van der Waals surface area contributed by atoms with Crippen LogP contribution in [0.1, 0.15) is 27.3 Å². The molecular formula is C22H26N4O4S2. The lowest BCUT2D eigenvalue weighted by atomic mass is 10.1. The van der Waals surface area contributed by atoms with Gasteiger partial charge in [-0.2, -0.15) is 4.31 Å². The van der Waals surface area contributed by atoms with E-state index in [1.165, 1.54) is 21.7 Å². The number of aromatic nitrogens is 2. The smallest absolute Gasteiger partial charge is 0.257 e. The highest BCUT2D eigenvalue weighted by atomic mass is 32.2. The highest BCUT2D eigenvalue weighted by molar-refractivity contribution is 7.89. The van der Waals surface area contributed by atoms with Crippen molar-refractivity contribution in [2.24, 2.45) is 7.05 Å². The summed E-state index contributed by atoms with van der Waals surface area (Å²) < 4.78 is 34.7. The maximum atomic E-state index is 13.0. The average Bonchev–Trinajstić information content (AvgIpc) is 3.34. The topological polar surface area (TPSA) is 93.5 Å². The molecule has 0 saturated carbocycles. The Bertz CT molecular complexity index is 1270. The van der Waals surface area contributed by atoms with Crippen molar-refractivity contribution in [2.45, 2.75) is 25.7 Å². The summed E-state index contributed by atoms with van der Waals surface area (Å²) in [7, 11) is -1.68. The second-order valence-corrected chi connectivity index (χ2v) is 10.6. The summed E-state index contributed by atoms with van der Waals surface area (Å²) in [5, 5.41) is 5.19. The standard InChI is InChI=1S/C22H26N4O4S2/c1-14-5-6-17(32(28,29)26-7-9-30-10-8-26)12-18(14)21(27)24-22-23-20(13-31-22)19-11-15(2)25(4)16(19)3/h5-6,11-13H,7-10H2,1-4H3,(H,23,24,27). The molecule has 1 fully saturated rings. The maximum Gasteiger partial charge on any atom is 0.257 e. The number of morpholine rings is 1. The minimum atomic E-state index is -3.69. The van der Waals surface area contributed by atoms with E-state index < -0.39 is 10.0 Å². The summed E-state index contributed by atoms with van der Waals surface area (Å²) in [6, 6.07) is 6.71. The predicted octanol–water partition coefficient (Wildman–Crippen LogP) is 3.35. The Labute approximate surface area is 191 Å². The number of ether oxygens (including phenoxy) is 1. The van der Waals surface area contributed by atoms with Gasteiger partial charge in [-0.05, 0) is 44.5 Å². The molecule has 0 spiro atoms. The van der Waals surface area contributed by atoms with Crippen LogP contribution < -0.4 is 5.32 Å². The van der Waals surface area contributed by atoms with Crippen LogP contribution in [-0.4, -0.2) is 54.5 Å². The summed E-state index contributed by atoms with van der Waals surface area (Å²) in [5.41, 5.74) is 5.05. The highest BCUT2D eigenvalue weighted by Gasteiger charge is 2.27. The zero-order valence-corrected chi connectivity index (χ0v) is 20.1. The van der Waals surface area contributed by atoms with Crippen molar-refractivity contribution in [3.05, 3.63) is 52.2 Å². The van der Waals surface area contributed by atoms with Gasteiger partial charge in [-0.25, -0.2) is 13.4 Å². The molecule has 0 unspecified atom stereocenters. The molecule has 1 aliphatic rings. The van der Waals surface area contributed by atoms with Crippen LogP contribution in [0.25, 0.3) is 11.3 Å². The van der Waals surface area contributed by atoms with Crippen LogP contribution in [0.5, 0.6) is 0 Å². The number of amides is 1. The number of carbonyl (C=O) groups is 1. The third-order valence-electron chi connectivity index (χ3n) is 5.84. The first kappa shape index (κ1) is 22.7. The van der Waals surface area contributed by atoms with Crippen molar-refractivity contribution in [1.29, 1.82) is 0 Å². The monoisotopic (exact) mass is 474 g/mol. The van der Waals surface area contributed by atoms with Crippen LogP contribution in [0, 0.1) is 20.8 Å². The fourth-order valence-electron chi connectivity index (χ4n) is 3.68. The molecule has 3 heterocycles. The fourth-order valence-corrected chi connectivity index (χ4v) is 5.82. The molecule has 10 heteroatoms. The fraction of sp³-hybridized carbons (Fsp3) is 0.364. The lowest BCUT2D eigenvalue weighted by molar-refractivity contribution is 0.0730. The first-order valence-electron chi connectivity index (χ1n) is 10.3. The van der Waals surface area contributed by atoms with Gasteiger partial charge < -0.3 is 9.30 Å². The van der Waals surface area contributed by atoms with Crippen molar-refractivity contribution in [3.63, 3.8) is 0 Å². The van der Waals surface area contributed by atoms with Crippen molar-refractivity contribution in [2.75, 3.05) is 31.6 Å². The molecule has 1 aromatic carbocycles. The molecule has 3 aromatic rings. The van der Waals surface area contributed by atoms with Gasteiger partial charge in [0, 0.05) is 48.0 Å². The summed E-state index contributed by atoms with van der Waals surface area (Å²) in [6.45, 7) is 7.19. The van der Waals surface area contributed by atoms with E-state index in [0.717, 1.165) is 22.6 Å². The number of hydrogen-bond donors (Lipinski definition) is 1. The molecule has 1 saturated heterocycles. The van der Waals surface area contributed by atoms with Gasteiger partial charge in [-0.15, -0.1) is 11.3 Å². The zero-order valence-electron chi connectivity index (χ0n) is 18.5. The maximum absolute atomic E-state index is 13.0. The predicted molar refractivity (Wildman–Crippen MR) is 125 cm³/mol.